The second kappa shape index (κ2) is 8.21. The van der Waals surface area contributed by atoms with E-state index in [0.717, 1.165) is 63.0 Å². The maximum Gasteiger partial charge on any atom is 0.241 e. The van der Waals surface area contributed by atoms with Gasteiger partial charge in [0, 0.05) is 25.2 Å². The van der Waals surface area contributed by atoms with Crippen molar-refractivity contribution in [3.63, 3.8) is 0 Å². The molecule has 2 aliphatic rings. The Morgan fingerprint density at radius 2 is 1.96 bits per heavy atom. The second-order valence-electron chi connectivity index (χ2n) is 7.79. The van der Waals surface area contributed by atoms with Crippen LogP contribution in [-0.4, -0.2) is 52.0 Å². The summed E-state index contributed by atoms with van der Waals surface area (Å²) in [6, 6.07) is 8.05. The van der Waals surface area contributed by atoms with Gasteiger partial charge >= 0.3 is 0 Å². The van der Waals surface area contributed by atoms with E-state index in [9.17, 15) is 4.79 Å². The molecule has 2 fully saturated rings. The van der Waals surface area contributed by atoms with E-state index < -0.39 is 0 Å². The summed E-state index contributed by atoms with van der Waals surface area (Å²) in [7, 11) is 0. The molecule has 0 bridgehead atoms. The molecular formula is C21H28N4O2. The van der Waals surface area contributed by atoms with Gasteiger partial charge in [0.25, 0.3) is 0 Å². The molecule has 1 atom stereocenters. The van der Waals surface area contributed by atoms with Crippen LogP contribution < -0.4 is 0 Å². The van der Waals surface area contributed by atoms with Gasteiger partial charge in [0.1, 0.15) is 0 Å². The molecule has 4 rings (SSSR count). The van der Waals surface area contributed by atoms with Gasteiger partial charge in [-0.05, 0) is 51.1 Å². The lowest BCUT2D eigenvalue weighted by Crippen LogP contribution is -2.46. The Hall–Kier alpha value is -2.21. The number of hydrogen-bond acceptors (Lipinski definition) is 5. The van der Waals surface area contributed by atoms with Gasteiger partial charge in [-0.2, -0.15) is 4.98 Å². The van der Waals surface area contributed by atoms with Crippen molar-refractivity contribution in [1.82, 2.24) is 19.9 Å². The summed E-state index contributed by atoms with van der Waals surface area (Å²) in [5.41, 5.74) is 2.14. The molecule has 3 heterocycles. The third-order valence-electron chi connectivity index (χ3n) is 5.74. The van der Waals surface area contributed by atoms with Crippen LogP contribution in [0.4, 0.5) is 0 Å². The second-order valence-corrected chi connectivity index (χ2v) is 7.79. The fourth-order valence-electron chi connectivity index (χ4n) is 4.22. The first-order chi connectivity index (χ1) is 13.2. The highest BCUT2D eigenvalue weighted by atomic mass is 16.5. The molecule has 6 nitrogen and oxygen atoms in total. The average Bonchev–Trinajstić information content (AvgIpc) is 3.17. The molecule has 0 N–H and O–H groups in total. The van der Waals surface area contributed by atoms with Crippen molar-refractivity contribution < 1.29 is 9.32 Å². The summed E-state index contributed by atoms with van der Waals surface area (Å²) in [4.78, 5) is 21.8. The zero-order valence-corrected chi connectivity index (χ0v) is 16.1. The minimum absolute atomic E-state index is 0.107. The Morgan fingerprint density at radius 3 is 2.78 bits per heavy atom. The van der Waals surface area contributed by atoms with Gasteiger partial charge in [-0.1, -0.05) is 29.4 Å². The van der Waals surface area contributed by atoms with Crippen LogP contribution in [0.5, 0.6) is 0 Å². The van der Waals surface area contributed by atoms with Gasteiger partial charge in [-0.15, -0.1) is 0 Å². The summed E-state index contributed by atoms with van der Waals surface area (Å²) in [5, 5.41) is 4.15. The van der Waals surface area contributed by atoms with Crippen LogP contribution in [0.15, 0.2) is 28.8 Å². The lowest BCUT2D eigenvalue weighted by atomic mass is 9.95. The fraction of sp³-hybridized carbons (Fsp3) is 0.571. The van der Waals surface area contributed by atoms with Crippen molar-refractivity contribution >= 4 is 5.91 Å². The Kier molecular flexibility index (Phi) is 5.53. The molecule has 2 aliphatic heterocycles. The van der Waals surface area contributed by atoms with Crippen molar-refractivity contribution in [2.24, 2.45) is 5.92 Å². The quantitative estimate of drug-likeness (QED) is 0.829. The van der Waals surface area contributed by atoms with Crippen LogP contribution >= 0.6 is 0 Å². The van der Waals surface area contributed by atoms with Gasteiger partial charge in [0.2, 0.25) is 17.6 Å². The average molecular weight is 368 g/mol. The fourth-order valence-corrected chi connectivity index (χ4v) is 4.22. The first kappa shape index (κ1) is 18.2. The number of hydrogen-bond donors (Lipinski definition) is 0. The molecule has 27 heavy (non-hydrogen) atoms. The lowest BCUT2D eigenvalue weighted by Gasteiger charge is -2.35. The summed E-state index contributed by atoms with van der Waals surface area (Å²) < 4.78 is 5.49. The van der Waals surface area contributed by atoms with E-state index in [1.807, 2.05) is 31.2 Å². The number of piperidine rings is 2. The van der Waals surface area contributed by atoms with Crippen molar-refractivity contribution in [3.8, 4) is 11.4 Å². The number of likely N-dealkylation sites (tertiary alicyclic amines) is 2. The molecule has 2 saturated heterocycles. The zero-order chi connectivity index (χ0) is 18.6. The van der Waals surface area contributed by atoms with Gasteiger partial charge in [-0.3, -0.25) is 9.69 Å². The van der Waals surface area contributed by atoms with Crippen molar-refractivity contribution in [2.75, 3.05) is 26.2 Å². The SMILES string of the molecule is Cc1ccccc1-c1noc(CN2CCCC(C(=O)N3CCCCC3)C2)n1. The van der Waals surface area contributed by atoms with Gasteiger partial charge < -0.3 is 9.42 Å². The maximum absolute atomic E-state index is 12.8. The third-order valence-corrected chi connectivity index (χ3v) is 5.74. The third kappa shape index (κ3) is 4.21. The highest BCUT2D eigenvalue weighted by Gasteiger charge is 2.30. The van der Waals surface area contributed by atoms with Crippen LogP contribution in [0.25, 0.3) is 11.4 Å². The number of carbonyl (C=O) groups excluding carboxylic acids is 1. The largest absolute Gasteiger partial charge is 0.342 e. The lowest BCUT2D eigenvalue weighted by molar-refractivity contribution is -0.138. The normalized spacial score (nSPS) is 21.4. The molecule has 0 spiro atoms. The predicted octanol–water partition coefficient (Wildman–Crippen LogP) is 3.27. The van der Waals surface area contributed by atoms with Crippen molar-refractivity contribution in [2.45, 2.75) is 45.6 Å². The number of nitrogens with zero attached hydrogens (tertiary/aromatic N) is 4. The maximum atomic E-state index is 12.8. The van der Waals surface area contributed by atoms with Gasteiger partial charge in [-0.25, -0.2) is 0 Å². The molecule has 1 aromatic heterocycles. The molecule has 0 aliphatic carbocycles. The minimum Gasteiger partial charge on any atom is -0.342 e. The first-order valence-electron chi connectivity index (χ1n) is 10.1. The summed E-state index contributed by atoms with van der Waals surface area (Å²) in [6.45, 7) is 6.29. The first-order valence-corrected chi connectivity index (χ1v) is 10.1. The molecular weight excluding hydrogens is 340 g/mol. The number of amides is 1. The van der Waals surface area contributed by atoms with Gasteiger partial charge in [0.15, 0.2) is 0 Å². The molecule has 1 amide bonds. The van der Waals surface area contributed by atoms with E-state index >= 15 is 0 Å². The predicted molar refractivity (Wildman–Crippen MR) is 103 cm³/mol. The molecule has 0 saturated carbocycles. The molecule has 0 radical (unpaired) electrons. The number of benzene rings is 1. The molecule has 2 aromatic rings. The van der Waals surface area contributed by atoms with Crippen molar-refractivity contribution in [3.05, 3.63) is 35.7 Å². The van der Waals surface area contributed by atoms with Crippen LogP contribution in [0.1, 0.15) is 43.6 Å². The van der Waals surface area contributed by atoms with E-state index in [0.29, 0.717) is 24.2 Å². The number of rotatable bonds is 4. The molecule has 144 valence electrons. The van der Waals surface area contributed by atoms with Crippen LogP contribution in [0.2, 0.25) is 0 Å². The molecule has 1 aromatic carbocycles. The van der Waals surface area contributed by atoms with E-state index in [-0.39, 0.29) is 5.92 Å². The van der Waals surface area contributed by atoms with Crippen LogP contribution in [-0.2, 0) is 11.3 Å². The van der Waals surface area contributed by atoms with E-state index in [1.165, 1.54) is 6.42 Å². The smallest absolute Gasteiger partial charge is 0.241 e. The standard InChI is InChI=1S/C21H28N4O2/c1-16-8-3-4-10-18(16)20-22-19(27-23-20)15-24-11-7-9-17(14-24)21(26)25-12-5-2-6-13-25/h3-4,8,10,17H,2,5-7,9,11-15H2,1H3. The van der Waals surface area contributed by atoms with Crippen molar-refractivity contribution in [1.29, 1.82) is 0 Å². The highest BCUT2D eigenvalue weighted by molar-refractivity contribution is 5.79. The topological polar surface area (TPSA) is 62.5 Å². The Balaban J connectivity index is 1.38. The van der Waals surface area contributed by atoms with E-state index in [1.54, 1.807) is 0 Å². The minimum atomic E-state index is 0.107. The number of aromatic nitrogens is 2. The zero-order valence-electron chi connectivity index (χ0n) is 16.1. The summed E-state index contributed by atoms with van der Waals surface area (Å²) >= 11 is 0. The van der Waals surface area contributed by atoms with Gasteiger partial charge in [0.05, 0.1) is 12.5 Å². The molecule has 6 heteroatoms. The monoisotopic (exact) mass is 368 g/mol. The Bertz CT molecular complexity index is 782. The number of aryl methyl sites for hydroxylation is 1. The van der Waals surface area contributed by atoms with E-state index in [2.05, 4.69) is 19.9 Å². The highest BCUT2D eigenvalue weighted by Crippen LogP contribution is 2.24. The molecule has 1 unspecified atom stereocenters. The Morgan fingerprint density at radius 1 is 1.15 bits per heavy atom. The number of carbonyl (C=O) groups is 1. The van der Waals surface area contributed by atoms with Crippen LogP contribution in [0.3, 0.4) is 0 Å². The van der Waals surface area contributed by atoms with E-state index in [4.69, 9.17) is 4.52 Å². The van der Waals surface area contributed by atoms with Crippen LogP contribution in [0, 0.1) is 12.8 Å². The Labute approximate surface area is 160 Å². The summed E-state index contributed by atoms with van der Waals surface area (Å²) in [5.74, 6) is 1.71. The summed E-state index contributed by atoms with van der Waals surface area (Å²) in [6.07, 6.45) is 5.58.